The first-order valence-corrected chi connectivity index (χ1v) is 18.7. The summed E-state index contributed by atoms with van der Waals surface area (Å²) < 4.78 is 39.1. The molecule has 1 aromatic heterocycles. The minimum atomic E-state index is -0.608. The molecular weight excluding hydrogens is 624 g/mol. The van der Waals surface area contributed by atoms with Crippen molar-refractivity contribution in [1.29, 1.82) is 0 Å². The molecular formula is C37H66N6O6. The summed E-state index contributed by atoms with van der Waals surface area (Å²) in [6.07, 6.45) is 6.85. The van der Waals surface area contributed by atoms with Crippen molar-refractivity contribution in [2.75, 3.05) is 51.5 Å². The Bertz CT molecular complexity index is 1150. The van der Waals surface area contributed by atoms with Gasteiger partial charge in [0.15, 0.2) is 11.6 Å². The van der Waals surface area contributed by atoms with Crippen LogP contribution >= 0.6 is 0 Å². The summed E-state index contributed by atoms with van der Waals surface area (Å²) in [5, 5.41) is 10.8. The van der Waals surface area contributed by atoms with E-state index in [1.807, 2.05) is 0 Å². The lowest BCUT2D eigenvalue weighted by molar-refractivity contribution is -0.331. The van der Waals surface area contributed by atoms with Crippen LogP contribution < -0.4 is 25.4 Å². The van der Waals surface area contributed by atoms with Gasteiger partial charge < -0.3 is 44.4 Å². The molecule has 2 spiro atoms. The van der Waals surface area contributed by atoms with Crippen LogP contribution in [0.1, 0.15) is 128 Å². The molecule has 0 atom stereocenters. The van der Waals surface area contributed by atoms with Crippen molar-refractivity contribution in [2.24, 2.45) is 10.8 Å². The minimum absolute atomic E-state index is 0.0955. The van der Waals surface area contributed by atoms with Gasteiger partial charge in [-0.15, -0.1) is 4.98 Å². The molecule has 4 saturated heterocycles. The van der Waals surface area contributed by atoms with Gasteiger partial charge in [-0.25, -0.2) is 0 Å². The Morgan fingerprint density at radius 2 is 0.959 bits per heavy atom. The first-order chi connectivity index (χ1) is 22.8. The van der Waals surface area contributed by atoms with Crippen LogP contribution in [0.3, 0.4) is 0 Å². The van der Waals surface area contributed by atoms with Crippen LogP contribution in [0.25, 0.3) is 0 Å². The lowest BCUT2D eigenvalue weighted by atomic mass is 9.77. The van der Waals surface area contributed by atoms with Crippen LogP contribution in [0.2, 0.25) is 0 Å². The van der Waals surface area contributed by atoms with Crippen LogP contribution in [0.15, 0.2) is 0 Å². The average Bonchev–Trinajstić information content (AvgIpc) is 2.98. The summed E-state index contributed by atoms with van der Waals surface area (Å²) in [7, 11) is 0. The number of aromatic nitrogens is 3. The number of hydrogen-bond acceptors (Lipinski definition) is 12. The van der Waals surface area contributed by atoms with Crippen molar-refractivity contribution in [3.63, 3.8) is 0 Å². The maximum absolute atomic E-state index is 6.62. The fourth-order valence-corrected chi connectivity index (χ4v) is 8.68. The van der Waals surface area contributed by atoms with Gasteiger partial charge in [0.2, 0.25) is 5.95 Å². The quantitative estimate of drug-likeness (QED) is 0.223. The molecule has 12 heteroatoms. The molecule has 0 saturated carbocycles. The van der Waals surface area contributed by atoms with E-state index in [1.165, 1.54) is 0 Å². The molecule has 12 nitrogen and oxygen atoms in total. The summed E-state index contributed by atoms with van der Waals surface area (Å²) in [6.45, 7) is 27.7. The Labute approximate surface area is 295 Å². The fraction of sp³-hybridized carbons (Fsp3) is 0.919. The van der Waals surface area contributed by atoms with Crippen molar-refractivity contribution in [2.45, 2.75) is 161 Å². The van der Waals surface area contributed by atoms with Gasteiger partial charge in [-0.05, 0) is 74.7 Å². The molecule has 4 aliphatic rings. The molecule has 0 aliphatic carbocycles. The largest absolute Gasteiger partial charge is 0.462 e. The highest BCUT2D eigenvalue weighted by molar-refractivity contribution is 5.27. The van der Waals surface area contributed by atoms with Crippen molar-refractivity contribution in [3.8, 4) is 12.0 Å². The monoisotopic (exact) mass is 691 g/mol. The van der Waals surface area contributed by atoms with Crippen molar-refractivity contribution in [1.82, 2.24) is 25.6 Å². The van der Waals surface area contributed by atoms with Crippen LogP contribution in [-0.2, 0) is 18.9 Å². The maximum Gasteiger partial charge on any atom is 0.324 e. The highest BCUT2D eigenvalue weighted by atomic mass is 16.7. The molecule has 0 aromatic carbocycles. The lowest BCUT2D eigenvalue weighted by Gasteiger charge is -2.55. The molecule has 3 N–H and O–H groups in total. The molecule has 280 valence electrons. The highest BCUT2D eigenvalue weighted by Gasteiger charge is 2.55. The van der Waals surface area contributed by atoms with Crippen molar-refractivity contribution < 1.29 is 28.4 Å². The Morgan fingerprint density at radius 1 is 0.592 bits per heavy atom. The number of unbranched alkanes of at least 4 members (excludes halogenated alkanes) is 1. The Hall–Kier alpha value is -1.83. The van der Waals surface area contributed by atoms with Crippen LogP contribution in [-0.4, -0.2) is 94.9 Å². The van der Waals surface area contributed by atoms with Gasteiger partial charge in [-0.1, -0.05) is 27.2 Å². The SMILES string of the molecule is CCCCNc1nc(OCC2(CC)COC3(CC(C)(C)NC(C)(C)C3)OC2)nc(OCC2(CC)COC3(CC(C)(C)NC(C)(C)C3)OC2)n1. The second-order valence-corrected chi connectivity index (χ2v) is 18.3. The number of anilines is 1. The topological polar surface area (TPSA) is 130 Å². The van der Waals surface area contributed by atoms with Gasteiger partial charge in [0, 0.05) is 54.4 Å². The summed E-state index contributed by atoms with van der Waals surface area (Å²) in [5.41, 5.74) is -1.04. The molecule has 5 rings (SSSR count). The standard InChI is InChI=1S/C37H66N6O6/c1-12-15-16-38-27-39-28(44-21-34(13-2)23-46-36(47-24-34)17-30(4,5)42-31(6,7)18-36)41-29(40-27)45-22-35(14-3)25-48-37(49-26-35)19-32(8,9)43-33(10,11)20-37/h42-43H,12-26H2,1-11H3,(H,38,39,40,41). The Kier molecular flexibility index (Phi) is 10.9. The number of rotatable bonds is 12. The Morgan fingerprint density at radius 3 is 1.29 bits per heavy atom. The maximum atomic E-state index is 6.62. The number of ether oxygens (including phenoxy) is 6. The van der Waals surface area contributed by atoms with Gasteiger partial charge in [0.1, 0.15) is 13.2 Å². The molecule has 5 heterocycles. The molecule has 0 radical (unpaired) electrons. The number of nitrogens with zero attached hydrogens (tertiary/aromatic N) is 3. The van der Waals surface area contributed by atoms with E-state index in [9.17, 15) is 0 Å². The summed E-state index contributed by atoms with van der Waals surface area (Å²) in [4.78, 5) is 13.8. The predicted molar refractivity (Wildman–Crippen MR) is 190 cm³/mol. The summed E-state index contributed by atoms with van der Waals surface area (Å²) >= 11 is 0. The predicted octanol–water partition coefficient (Wildman–Crippen LogP) is 6.00. The molecule has 1 aromatic rings. The average molecular weight is 691 g/mol. The molecule has 4 aliphatic heterocycles. The highest BCUT2D eigenvalue weighted by Crippen LogP contribution is 2.46. The van der Waals surface area contributed by atoms with Crippen LogP contribution in [0.4, 0.5) is 5.95 Å². The molecule has 0 unspecified atom stereocenters. The third-order valence-electron chi connectivity index (χ3n) is 10.7. The van der Waals surface area contributed by atoms with E-state index < -0.39 is 11.6 Å². The second-order valence-electron chi connectivity index (χ2n) is 18.3. The normalized spacial score (nSPS) is 27.0. The fourth-order valence-electron chi connectivity index (χ4n) is 8.68. The van der Waals surface area contributed by atoms with Gasteiger partial charge >= 0.3 is 12.0 Å². The smallest absolute Gasteiger partial charge is 0.324 e. The summed E-state index contributed by atoms with van der Waals surface area (Å²) in [5.74, 6) is -0.778. The number of nitrogens with one attached hydrogen (secondary N) is 3. The zero-order valence-corrected chi connectivity index (χ0v) is 32.4. The van der Waals surface area contributed by atoms with E-state index in [-0.39, 0.29) is 45.0 Å². The van der Waals surface area contributed by atoms with E-state index >= 15 is 0 Å². The molecule has 0 bridgehead atoms. The lowest BCUT2D eigenvalue weighted by Crippen LogP contribution is -2.67. The Balaban J connectivity index is 1.25. The van der Waals surface area contributed by atoms with Gasteiger partial charge in [-0.2, -0.15) is 9.97 Å². The third kappa shape index (κ3) is 9.54. The van der Waals surface area contributed by atoms with E-state index in [0.717, 1.165) is 57.9 Å². The van der Waals surface area contributed by atoms with E-state index in [2.05, 4.69) is 107 Å². The molecule has 0 amide bonds. The molecule has 49 heavy (non-hydrogen) atoms. The second kappa shape index (κ2) is 14.0. The van der Waals surface area contributed by atoms with E-state index in [4.69, 9.17) is 28.4 Å². The van der Waals surface area contributed by atoms with Crippen molar-refractivity contribution >= 4 is 5.95 Å². The van der Waals surface area contributed by atoms with Gasteiger partial charge in [-0.3, -0.25) is 0 Å². The van der Waals surface area contributed by atoms with E-state index in [1.54, 1.807) is 0 Å². The third-order valence-corrected chi connectivity index (χ3v) is 10.7. The number of piperidine rings is 2. The zero-order chi connectivity index (χ0) is 35.8. The van der Waals surface area contributed by atoms with E-state index in [0.29, 0.717) is 45.6 Å². The van der Waals surface area contributed by atoms with Crippen molar-refractivity contribution in [3.05, 3.63) is 0 Å². The van der Waals surface area contributed by atoms with Gasteiger partial charge in [0.05, 0.1) is 37.3 Å². The molecule has 4 fully saturated rings. The first kappa shape index (κ1) is 38.4. The number of hydrogen-bond donors (Lipinski definition) is 3. The first-order valence-electron chi connectivity index (χ1n) is 18.7. The van der Waals surface area contributed by atoms with Crippen LogP contribution in [0.5, 0.6) is 12.0 Å². The van der Waals surface area contributed by atoms with Gasteiger partial charge in [0.25, 0.3) is 0 Å². The van der Waals surface area contributed by atoms with Crippen LogP contribution in [0, 0.1) is 10.8 Å². The zero-order valence-electron chi connectivity index (χ0n) is 32.4. The summed E-state index contributed by atoms with van der Waals surface area (Å²) in [6, 6.07) is 0.446. The minimum Gasteiger partial charge on any atom is -0.462 e.